The first kappa shape index (κ1) is 24.1. The van der Waals surface area contributed by atoms with Crippen LogP contribution in [0.4, 0.5) is 20.3 Å². The summed E-state index contributed by atoms with van der Waals surface area (Å²) in [6.07, 6.45) is 3.44. The first-order chi connectivity index (χ1) is 17.9. The van der Waals surface area contributed by atoms with E-state index in [1.807, 2.05) is 24.3 Å². The van der Waals surface area contributed by atoms with Gasteiger partial charge in [-0.1, -0.05) is 6.07 Å². The minimum atomic E-state index is -2.37. The van der Waals surface area contributed by atoms with Crippen LogP contribution >= 0.6 is 0 Å². The van der Waals surface area contributed by atoms with Gasteiger partial charge < -0.3 is 14.5 Å². The predicted octanol–water partition coefficient (Wildman–Crippen LogP) is 4.12. The van der Waals surface area contributed by atoms with Crippen molar-refractivity contribution in [1.29, 1.82) is 0 Å². The number of hydrogen-bond donors (Lipinski definition) is 0. The number of hydrogen-bond acceptors (Lipinski definition) is 5. The van der Waals surface area contributed by atoms with Crippen LogP contribution in [0.25, 0.3) is 11.1 Å². The van der Waals surface area contributed by atoms with E-state index in [9.17, 15) is 13.6 Å². The Balaban J connectivity index is 1.45. The van der Waals surface area contributed by atoms with E-state index in [0.717, 1.165) is 52.3 Å². The minimum Gasteiger partial charge on any atom is -0.379 e. The van der Waals surface area contributed by atoms with E-state index >= 15 is 0 Å². The fraction of sp³-hybridized carbons (Fsp3) is 0.519. The second kappa shape index (κ2) is 9.55. The highest BCUT2D eigenvalue weighted by Gasteiger charge is 2.36. The third-order valence-electron chi connectivity index (χ3n) is 7.89. The number of aromatic nitrogens is 4. The van der Waals surface area contributed by atoms with Crippen LogP contribution in [0.5, 0.6) is 0 Å². The van der Waals surface area contributed by atoms with Gasteiger partial charge in [0.25, 0.3) is 0 Å². The standard InChI is InChI=1S/C27H32F2N6O2/c1-17(36)33-7-5-25-23(15-33)27(31-35(25)22-6-8-37-16-22)34-13-18(10-26(28)29)9-20-11-19(3-4-24(20)34)21-12-30-32(2)14-21/h3-4,11-12,14,18,22,26H,5-10,13,15-16H2,1-2H3/t18?,22-/m0/s1. The Morgan fingerprint density at radius 1 is 1.27 bits per heavy atom. The number of anilines is 2. The Bertz CT molecular complexity index is 1310. The zero-order valence-corrected chi connectivity index (χ0v) is 21.2. The lowest BCUT2D eigenvalue weighted by Gasteiger charge is -2.36. The Morgan fingerprint density at radius 2 is 2.14 bits per heavy atom. The van der Waals surface area contributed by atoms with Gasteiger partial charge in [-0.3, -0.25) is 14.2 Å². The van der Waals surface area contributed by atoms with Crippen LogP contribution in [0.2, 0.25) is 0 Å². The molecule has 3 aromatic rings. The first-order valence-electron chi connectivity index (χ1n) is 13.0. The zero-order chi connectivity index (χ0) is 25.7. The molecule has 2 atom stereocenters. The molecule has 1 aromatic carbocycles. The third-order valence-corrected chi connectivity index (χ3v) is 7.89. The summed E-state index contributed by atoms with van der Waals surface area (Å²) in [4.78, 5) is 16.2. The number of alkyl halides is 2. The molecule has 1 unspecified atom stereocenters. The monoisotopic (exact) mass is 510 g/mol. The van der Waals surface area contributed by atoms with Gasteiger partial charge in [0, 0.05) is 75.2 Å². The second-order valence-corrected chi connectivity index (χ2v) is 10.5. The first-order valence-corrected chi connectivity index (χ1v) is 13.0. The smallest absolute Gasteiger partial charge is 0.239 e. The molecule has 3 aliphatic rings. The number of nitrogens with zero attached hydrogens (tertiary/aromatic N) is 6. The number of halogens is 2. The molecule has 0 spiro atoms. The van der Waals surface area contributed by atoms with Gasteiger partial charge in [0.05, 0.1) is 25.4 Å². The molecule has 1 amide bonds. The maximum atomic E-state index is 13.6. The van der Waals surface area contributed by atoms with Gasteiger partial charge in [0.1, 0.15) is 0 Å². The summed E-state index contributed by atoms with van der Waals surface area (Å²) in [6.45, 7) is 4.51. The van der Waals surface area contributed by atoms with Crippen molar-refractivity contribution in [2.24, 2.45) is 13.0 Å². The molecule has 2 aromatic heterocycles. The normalized spacial score (nSPS) is 21.4. The summed E-state index contributed by atoms with van der Waals surface area (Å²) in [5.41, 5.74) is 6.19. The van der Waals surface area contributed by atoms with E-state index in [2.05, 4.69) is 32.9 Å². The number of benzene rings is 1. The number of fused-ring (bicyclic) bond motifs is 2. The largest absolute Gasteiger partial charge is 0.379 e. The number of carbonyl (C=O) groups is 1. The average Bonchev–Trinajstić information content (AvgIpc) is 3.62. The summed E-state index contributed by atoms with van der Waals surface area (Å²) >= 11 is 0. The summed E-state index contributed by atoms with van der Waals surface area (Å²) in [6, 6.07) is 6.39. The van der Waals surface area contributed by atoms with Gasteiger partial charge in [0.15, 0.2) is 5.82 Å². The number of rotatable bonds is 5. The molecule has 5 heterocycles. The minimum absolute atomic E-state index is 0.0317. The predicted molar refractivity (Wildman–Crippen MR) is 135 cm³/mol. The topological polar surface area (TPSA) is 68.4 Å². The van der Waals surface area contributed by atoms with Crippen LogP contribution in [0, 0.1) is 5.92 Å². The van der Waals surface area contributed by atoms with Crippen molar-refractivity contribution in [3.05, 3.63) is 47.4 Å². The Kier molecular flexibility index (Phi) is 6.22. The van der Waals surface area contributed by atoms with Crippen molar-refractivity contribution in [3.8, 4) is 11.1 Å². The Hall–Kier alpha value is -3.27. The number of amides is 1. The van der Waals surface area contributed by atoms with Crippen LogP contribution in [-0.4, -0.2) is 63.1 Å². The highest BCUT2D eigenvalue weighted by molar-refractivity contribution is 5.76. The summed E-state index contributed by atoms with van der Waals surface area (Å²) < 4.78 is 36.7. The van der Waals surface area contributed by atoms with E-state index in [4.69, 9.17) is 9.84 Å². The molecular formula is C27H32F2N6O2. The highest BCUT2D eigenvalue weighted by Crippen LogP contribution is 2.42. The van der Waals surface area contributed by atoms with Gasteiger partial charge in [-0.2, -0.15) is 10.2 Å². The lowest BCUT2D eigenvalue weighted by atomic mass is 9.88. The molecule has 8 nitrogen and oxygen atoms in total. The number of carbonyl (C=O) groups excluding carboxylic acids is 1. The fourth-order valence-electron chi connectivity index (χ4n) is 6.04. The van der Waals surface area contributed by atoms with Crippen LogP contribution in [-0.2, 0) is 36.0 Å². The lowest BCUT2D eigenvalue weighted by molar-refractivity contribution is -0.129. The third kappa shape index (κ3) is 4.52. The van der Waals surface area contributed by atoms with Gasteiger partial charge in [-0.05, 0) is 42.0 Å². The molecule has 3 aliphatic heterocycles. The van der Waals surface area contributed by atoms with E-state index < -0.39 is 6.43 Å². The molecule has 0 bridgehead atoms. The van der Waals surface area contributed by atoms with E-state index in [-0.39, 0.29) is 24.3 Å². The van der Waals surface area contributed by atoms with Crippen LogP contribution in [0.3, 0.4) is 0 Å². The van der Waals surface area contributed by atoms with Crippen molar-refractivity contribution in [3.63, 3.8) is 0 Å². The molecule has 1 saturated heterocycles. The van der Waals surface area contributed by atoms with Crippen LogP contribution < -0.4 is 4.90 Å². The van der Waals surface area contributed by atoms with Gasteiger partial charge in [-0.25, -0.2) is 8.78 Å². The van der Waals surface area contributed by atoms with Crippen LogP contribution in [0.1, 0.15) is 42.6 Å². The maximum Gasteiger partial charge on any atom is 0.239 e. The Labute approximate surface area is 214 Å². The van der Waals surface area contributed by atoms with Crippen LogP contribution in [0.15, 0.2) is 30.6 Å². The molecule has 0 N–H and O–H groups in total. The van der Waals surface area contributed by atoms with Crippen molar-refractivity contribution in [1.82, 2.24) is 24.5 Å². The number of ether oxygens (including phenoxy) is 1. The summed E-state index contributed by atoms with van der Waals surface area (Å²) in [7, 11) is 1.88. The van der Waals surface area contributed by atoms with E-state index in [0.29, 0.717) is 39.3 Å². The summed E-state index contributed by atoms with van der Waals surface area (Å²) in [5, 5.41) is 9.40. The van der Waals surface area contributed by atoms with E-state index in [1.165, 1.54) is 0 Å². The van der Waals surface area contributed by atoms with Gasteiger partial charge in [0.2, 0.25) is 12.3 Å². The quantitative estimate of drug-likeness (QED) is 0.517. The van der Waals surface area contributed by atoms with E-state index in [1.54, 1.807) is 11.6 Å². The van der Waals surface area contributed by atoms with Crippen molar-refractivity contribution < 1.29 is 18.3 Å². The SMILES string of the molecule is CC(=O)N1CCc2c(c(N3CC(CC(F)F)Cc4cc(-c5cnn(C)c5)ccc43)nn2[C@H]2CCOC2)C1. The van der Waals surface area contributed by atoms with Gasteiger partial charge >= 0.3 is 0 Å². The average molecular weight is 511 g/mol. The maximum absolute atomic E-state index is 13.6. The molecule has 196 valence electrons. The van der Waals surface area contributed by atoms with Crippen molar-refractivity contribution in [2.75, 3.05) is 31.2 Å². The molecule has 0 saturated carbocycles. The second-order valence-electron chi connectivity index (χ2n) is 10.5. The van der Waals surface area contributed by atoms with Crippen molar-refractivity contribution in [2.45, 2.75) is 51.6 Å². The molecular weight excluding hydrogens is 478 g/mol. The summed E-state index contributed by atoms with van der Waals surface area (Å²) in [5.74, 6) is 0.603. The zero-order valence-electron chi connectivity index (χ0n) is 21.2. The molecule has 1 fully saturated rings. The number of aryl methyl sites for hydroxylation is 1. The van der Waals surface area contributed by atoms with Gasteiger partial charge in [-0.15, -0.1) is 0 Å². The molecule has 37 heavy (non-hydrogen) atoms. The van der Waals surface area contributed by atoms with Crippen molar-refractivity contribution >= 4 is 17.4 Å². The molecule has 0 aliphatic carbocycles. The Morgan fingerprint density at radius 3 is 2.84 bits per heavy atom. The molecule has 6 rings (SSSR count). The fourth-order valence-corrected chi connectivity index (χ4v) is 6.04. The highest BCUT2D eigenvalue weighted by atomic mass is 19.3. The lowest BCUT2D eigenvalue weighted by Crippen LogP contribution is -2.37. The molecule has 0 radical (unpaired) electrons. The molecule has 10 heteroatoms.